The molecular formula is C24H20N4. The maximum Gasteiger partial charge on any atom is 0.103 e. The minimum atomic E-state index is 0.0392. The molecule has 3 aromatic rings. The Labute approximate surface area is 165 Å². The third kappa shape index (κ3) is 2.68. The van der Waals surface area contributed by atoms with Gasteiger partial charge in [-0.1, -0.05) is 36.4 Å². The van der Waals surface area contributed by atoms with Crippen LogP contribution >= 0.6 is 0 Å². The van der Waals surface area contributed by atoms with Crippen molar-refractivity contribution in [1.29, 1.82) is 10.5 Å². The van der Waals surface area contributed by atoms with Gasteiger partial charge in [0.15, 0.2) is 0 Å². The predicted molar refractivity (Wildman–Crippen MR) is 112 cm³/mol. The molecule has 4 heteroatoms. The molecule has 136 valence electrons. The van der Waals surface area contributed by atoms with Crippen molar-refractivity contribution in [2.75, 3.05) is 16.8 Å². The Hall–Kier alpha value is -3.76. The molecule has 0 saturated carbocycles. The lowest BCUT2D eigenvalue weighted by Crippen LogP contribution is -2.36. The van der Waals surface area contributed by atoms with Crippen LogP contribution < -0.4 is 9.80 Å². The monoisotopic (exact) mass is 364 g/mol. The maximum atomic E-state index is 9.60. The Bertz CT molecular complexity index is 1140. The molecule has 4 nitrogen and oxygen atoms in total. The highest BCUT2D eigenvalue weighted by atomic mass is 15.4. The molecule has 0 amide bonds. The lowest BCUT2D eigenvalue weighted by Gasteiger charge is -2.29. The highest BCUT2D eigenvalue weighted by Gasteiger charge is 2.34. The average molecular weight is 364 g/mol. The molecule has 1 atom stereocenters. The molecule has 0 N–H and O–H groups in total. The van der Waals surface area contributed by atoms with Crippen LogP contribution in [0.1, 0.15) is 23.6 Å². The van der Waals surface area contributed by atoms with E-state index in [0.717, 1.165) is 22.6 Å². The van der Waals surface area contributed by atoms with Crippen LogP contribution in [0, 0.1) is 29.6 Å². The van der Waals surface area contributed by atoms with Crippen LogP contribution in [0.15, 0.2) is 60.7 Å². The van der Waals surface area contributed by atoms with Crippen molar-refractivity contribution < 1.29 is 0 Å². The number of anilines is 3. The maximum absolute atomic E-state index is 9.60. The second-order valence-electron chi connectivity index (χ2n) is 7.10. The van der Waals surface area contributed by atoms with Crippen molar-refractivity contribution in [1.82, 2.24) is 0 Å². The SMILES string of the molecule is Cc1cc(-c2ccccc2)ccc1N1c2cc(C#N)cc(C#N)c2N(C)[C@@H]1C. The van der Waals surface area contributed by atoms with Gasteiger partial charge < -0.3 is 9.80 Å². The van der Waals surface area contributed by atoms with Gasteiger partial charge in [0.05, 0.1) is 28.6 Å². The Morgan fingerprint density at radius 3 is 2.25 bits per heavy atom. The van der Waals surface area contributed by atoms with Gasteiger partial charge in [-0.05, 0) is 54.8 Å². The fraction of sp³-hybridized carbons (Fsp3) is 0.167. The first-order chi connectivity index (χ1) is 13.5. The van der Waals surface area contributed by atoms with Gasteiger partial charge >= 0.3 is 0 Å². The van der Waals surface area contributed by atoms with Crippen LogP contribution in [-0.4, -0.2) is 13.2 Å². The average Bonchev–Trinajstić information content (AvgIpc) is 2.98. The Morgan fingerprint density at radius 1 is 0.857 bits per heavy atom. The van der Waals surface area contributed by atoms with E-state index in [0.29, 0.717) is 11.1 Å². The number of nitriles is 2. The molecule has 0 radical (unpaired) electrons. The second-order valence-corrected chi connectivity index (χ2v) is 7.10. The Kier molecular flexibility index (Phi) is 4.26. The predicted octanol–water partition coefficient (Wildman–Crippen LogP) is 5.34. The van der Waals surface area contributed by atoms with E-state index >= 15 is 0 Å². The van der Waals surface area contributed by atoms with Gasteiger partial charge in [0.25, 0.3) is 0 Å². The smallest absolute Gasteiger partial charge is 0.103 e. The molecule has 0 bridgehead atoms. The summed E-state index contributed by atoms with van der Waals surface area (Å²) in [5, 5.41) is 19.0. The summed E-state index contributed by atoms with van der Waals surface area (Å²) in [6.45, 7) is 4.21. The standard InChI is InChI=1S/C24H20N4/c1-16-11-20(19-7-5-4-6-8-19)9-10-22(16)28-17(2)27(3)24-21(15-26)12-18(14-25)13-23(24)28/h4-13,17H,1-3H3/t17-/m0/s1. The molecule has 1 aliphatic heterocycles. The molecule has 0 aliphatic carbocycles. The van der Waals surface area contributed by atoms with Crippen molar-refractivity contribution >= 4 is 17.1 Å². The van der Waals surface area contributed by atoms with Crippen molar-refractivity contribution in [3.63, 3.8) is 0 Å². The first kappa shape index (κ1) is 17.6. The van der Waals surface area contributed by atoms with Crippen molar-refractivity contribution in [3.05, 3.63) is 77.4 Å². The van der Waals surface area contributed by atoms with E-state index in [1.807, 2.05) is 31.3 Å². The quantitative estimate of drug-likeness (QED) is 0.616. The Balaban J connectivity index is 1.86. The van der Waals surface area contributed by atoms with E-state index in [9.17, 15) is 10.5 Å². The largest absolute Gasteiger partial charge is 0.351 e. The van der Waals surface area contributed by atoms with Crippen molar-refractivity contribution in [2.45, 2.75) is 20.0 Å². The lowest BCUT2D eigenvalue weighted by molar-refractivity contribution is 0.732. The molecule has 0 fully saturated rings. The van der Waals surface area contributed by atoms with Crippen molar-refractivity contribution in [2.24, 2.45) is 0 Å². The van der Waals surface area contributed by atoms with Gasteiger partial charge in [-0.25, -0.2) is 0 Å². The molecule has 0 unspecified atom stereocenters. The lowest BCUT2D eigenvalue weighted by atomic mass is 10.0. The van der Waals surface area contributed by atoms with Crippen molar-refractivity contribution in [3.8, 4) is 23.3 Å². The van der Waals surface area contributed by atoms with E-state index in [1.54, 1.807) is 6.07 Å². The Morgan fingerprint density at radius 2 is 1.61 bits per heavy atom. The summed E-state index contributed by atoms with van der Waals surface area (Å²) >= 11 is 0. The molecule has 0 spiro atoms. The van der Waals surface area contributed by atoms with Crippen LogP contribution in [-0.2, 0) is 0 Å². The van der Waals surface area contributed by atoms with Crippen LogP contribution in [0.2, 0.25) is 0 Å². The summed E-state index contributed by atoms with van der Waals surface area (Å²) in [4.78, 5) is 4.31. The number of benzene rings is 3. The first-order valence-corrected chi connectivity index (χ1v) is 9.21. The fourth-order valence-corrected chi connectivity index (χ4v) is 3.95. The highest BCUT2D eigenvalue weighted by molar-refractivity contribution is 5.89. The molecule has 4 rings (SSSR count). The number of nitrogens with zero attached hydrogens (tertiary/aromatic N) is 4. The molecular weight excluding hydrogens is 344 g/mol. The first-order valence-electron chi connectivity index (χ1n) is 9.21. The fourth-order valence-electron chi connectivity index (χ4n) is 3.95. The van der Waals surface area contributed by atoms with Gasteiger partial charge in [-0.15, -0.1) is 0 Å². The summed E-state index contributed by atoms with van der Waals surface area (Å²) < 4.78 is 0. The number of aryl methyl sites for hydroxylation is 1. The van der Waals surface area contributed by atoms with Gasteiger partial charge in [0.2, 0.25) is 0 Å². The number of hydrogen-bond donors (Lipinski definition) is 0. The number of hydrogen-bond acceptors (Lipinski definition) is 4. The summed E-state index contributed by atoms with van der Waals surface area (Å²) in [6.07, 6.45) is 0.0392. The van der Waals surface area contributed by atoms with Gasteiger partial charge in [-0.2, -0.15) is 10.5 Å². The van der Waals surface area contributed by atoms with Gasteiger partial charge in [0, 0.05) is 12.7 Å². The van der Waals surface area contributed by atoms with Crippen LogP contribution in [0.4, 0.5) is 17.1 Å². The summed E-state index contributed by atoms with van der Waals surface area (Å²) in [7, 11) is 1.99. The number of fused-ring (bicyclic) bond motifs is 1. The van der Waals surface area contributed by atoms with E-state index < -0.39 is 0 Å². The normalized spacial score (nSPS) is 15.1. The molecule has 1 heterocycles. The highest BCUT2D eigenvalue weighted by Crippen LogP contribution is 2.46. The summed E-state index contributed by atoms with van der Waals surface area (Å²) in [5.41, 5.74) is 7.40. The zero-order valence-electron chi connectivity index (χ0n) is 16.1. The van der Waals surface area contributed by atoms with Crippen LogP contribution in [0.5, 0.6) is 0 Å². The molecule has 3 aromatic carbocycles. The zero-order valence-corrected chi connectivity index (χ0v) is 16.1. The molecule has 1 aliphatic rings. The van der Waals surface area contributed by atoms with Gasteiger partial charge in [0.1, 0.15) is 12.2 Å². The van der Waals surface area contributed by atoms with Crippen LogP contribution in [0.3, 0.4) is 0 Å². The number of rotatable bonds is 2. The molecule has 0 aromatic heterocycles. The zero-order chi connectivity index (χ0) is 19.8. The van der Waals surface area contributed by atoms with Crippen LogP contribution in [0.25, 0.3) is 11.1 Å². The second kappa shape index (κ2) is 6.76. The van der Waals surface area contributed by atoms with E-state index in [-0.39, 0.29) is 6.17 Å². The summed E-state index contributed by atoms with van der Waals surface area (Å²) in [6, 6.07) is 24.7. The minimum absolute atomic E-state index is 0.0392. The van der Waals surface area contributed by atoms with Gasteiger partial charge in [-0.3, -0.25) is 0 Å². The minimum Gasteiger partial charge on any atom is -0.351 e. The van der Waals surface area contributed by atoms with E-state index in [2.05, 4.69) is 66.1 Å². The third-order valence-corrected chi connectivity index (χ3v) is 5.45. The van der Waals surface area contributed by atoms with E-state index in [4.69, 9.17) is 0 Å². The molecule has 0 saturated heterocycles. The van der Waals surface area contributed by atoms with E-state index in [1.165, 1.54) is 11.1 Å². The third-order valence-electron chi connectivity index (χ3n) is 5.45. The topological polar surface area (TPSA) is 54.1 Å². The summed E-state index contributed by atoms with van der Waals surface area (Å²) in [5.74, 6) is 0. The molecule has 28 heavy (non-hydrogen) atoms.